The number of fused-ring (bicyclic) bond motifs is 1. The van der Waals surface area contributed by atoms with Crippen LogP contribution in [-0.4, -0.2) is 6.54 Å². The summed E-state index contributed by atoms with van der Waals surface area (Å²) in [5.41, 5.74) is 4.18. The van der Waals surface area contributed by atoms with Crippen LogP contribution in [-0.2, 0) is 6.54 Å². The minimum absolute atomic E-state index is 0.342. The summed E-state index contributed by atoms with van der Waals surface area (Å²) >= 11 is 3.50. The second-order valence-corrected chi connectivity index (χ2v) is 6.57. The highest BCUT2D eigenvalue weighted by Crippen LogP contribution is 2.27. The highest BCUT2D eigenvalue weighted by molar-refractivity contribution is 9.10. The third-order valence-corrected chi connectivity index (χ3v) is 4.71. The molecule has 0 saturated carbocycles. The van der Waals surface area contributed by atoms with E-state index in [0.29, 0.717) is 12.1 Å². The molecule has 2 N–H and O–H groups in total. The van der Waals surface area contributed by atoms with E-state index in [1.807, 2.05) is 0 Å². The third-order valence-electron chi connectivity index (χ3n) is 4.18. The molecule has 1 heterocycles. The second kappa shape index (κ2) is 6.73. The van der Waals surface area contributed by atoms with Crippen LogP contribution >= 0.6 is 15.9 Å². The van der Waals surface area contributed by atoms with Crippen molar-refractivity contribution in [1.29, 1.82) is 0 Å². The van der Waals surface area contributed by atoms with Crippen molar-refractivity contribution in [3.05, 3.63) is 69.7 Å². The van der Waals surface area contributed by atoms with Crippen LogP contribution < -0.4 is 10.6 Å². The number of hydrogen-bond acceptors (Lipinski definition) is 2. The number of hydrogen-bond donors (Lipinski definition) is 2. The van der Waals surface area contributed by atoms with Gasteiger partial charge >= 0.3 is 0 Å². The lowest BCUT2D eigenvalue weighted by Gasteiger charge is -2.24. The van der Waals surface area contributed by atoms with Crippen molar-refractivity contribution in [3.8, 4) is 0 Å². The Morgan fingerprint density at radius 2 is 1.90 bits per heavy atom. The van der Waals surface area contributed by atoms with Gasteiger partial charge in [0.2, 0.25) is 0 Å². The average Bonchev–Trinajstić information content (AvgIpc) is 2.71. The van der Waals surface area contributed by atoms with Crippen molar-refractivity contribution in [2.45, 2.75) is 32.0 Å². The molecule has 1 aliphatic rings. The molecule has 0 radical (unpaired) electrons. The lowest BCUT2D eigenvalue weighted by molar-refractivity contribution is 0.443. The zero-order valence-electron chi connectivity index (χ0n) is 12.3. The average molecular weight is 345 g/mol. The van der Waals surface area contributed by atoms with E-state index in [1.54, 1.807) is 0 Å². The van der Waals surface area contributed by atoms with Crippen molar-refractivity contribution < 1.29 is 0 Å². The van der Waals surface area contributed by atoms with E-state index >= 15 is 0 Å². The van der Waals surface area contributed by atoms with Gasteiger partial charge in [0.15, 0.2) is 0 Å². The molecule has 0 aromatic heterocycles. The standard InChI is InChI=1S/C18H21BrN2/c1-13(14-6-8-16(19)9-7-14)21-18-10-11-20-12-15-4-2-3-5-17(15)18/h2-9,13,18,20-21H,10-12H2,1H3/t13-,18?/m0/s1. The van der Waals surface area contributed by atoms with Gasteiger partial charge in [-0.3, -0.25) is 0 Å². The Balaban J connectivity index is 1.79. The van der Waals surface area contributed by atoms with Crippen molar-refractivity contribution in [1.82, 2.24) is 10.6 Å². The van der Waals surface area contributed by atoms with E-state index in [4.69, 9.17) is 0 Å². The van der Waals surface area contributed by atoms with Crippen molar-refractivity contribution >= 4 is 15.9 Å². The Morgan fingerprint density at radius 1 is 1.14 bits per heavy atom. The van der Waals surface area contributed by atoms with Gasteiger partial charge in [-0.1, -0.05) is 52.3 Å². The van der Waals surface area contributed by atoms with E-state index in [-0.39, 0.29) is 0 Å². The van der Waals surface area contributed by atoms with Crippen LogP contribution in [0.25, 0.3) is 0 Å². The minimum Gasteiger partial charge on any atom is -0.313 e. The Bertz CT molecular complexity index is 594. The van der Waals surface area contributed by atoms with E-state index in [1.165, 1.54) is 16.7 Å². The van der Waals surface area contributed by atoms with Crippen molar-refractivity contribution in [2.24, 2.45) is 0 Å². The summed E-state index contributed by atoms with van der Waals surface area (Å²) in [6, 6.07) is 18.1. The summed E-state index contributed by atoms with van der Waals surface area (Å²) in [7, 11) is 0. The molecule has 0 amide bonds. The van der Waals surface area contributed by atoms with Gasteiger partial charge < -0.3 is 10.6 Å². The zero-order valence-corrected chi connectivity index (χ0v) is 13.9. The van der Waals surface area contributed by atoms with Gasteiger partial charge in [0, 0.05) is 23.1 Å². The molecule has 2 aromatic rings. The van der Waals surface area contributed by atoms with Crippen LogP contribution in [0.5, 0.6) is 0 Å². The van der Waals surface area contributed by atoms with E-state index < -0.39 is 0 Å². The fourth-order valence-corrected chi connectivity index (χ4v) is 3.25. The smallest absolute Gasteiger partial charge is 0.0340 e. The lowest BCUT2D eigenvalue weighted by Crippen LogP contribution is -2.26. The van der Waals surface area contributed by atoms with Gasteiger partial charge in [0.05, 0.1) is 0 Å². The first-order chi connectivity index (χ1) is 10.2. The second-order valence-electron chi connectivity index (χ2n) is 5.66. The van der Waals surface area contributed by atoms with Gasteiger partial charge in [-0.2, -0.15) is 0 Å². The van der Waals surface area contributed by atoms with Crippen LogP contribution in [0.3, 0.4) is 0 Å². The number of nitrogens with one attached hydrogen (secondary N) is 2. The molecule has 0 fully saturated rings. The number of benzene rings is 2. The molecule has 3 rings (SSSR count). The van der Waals surface area contributed by atoms with Crippen LogP contribution in [0.4, 0.5) is 0 Å². The Morgan fingerprint density at radius 3 is 2.71 bits per heavy atom. The molecule has 2 atom stereocenters. The molecule has 0 spiro atoms. The highest BCUT2D eigenvalue weighted by Gasteiger charge is 2.20. The summed E-state index contributed by atoms with van der Waals surface area (Å²) in [6.07, 6.45) is 1.12. The molecule has 21 heavy (non-hydrogen) atoms. The maximum absolute atomic E-state index is 3.80. The molecule has 1 aliphatic heterocycles. The summed E-state index contributed by atoms with van der Waals surface area (Å²) in [5.74, 6) is 0. The molecule has 2 aromatic carbocycles. The molecule has 3 heteroatoms. The first-order valence-electron chi connectivity index (χ1n) is 7.54. The predicted octanol–water partition coefficient (Wildman–Crippen LogP) is 4.33. The quantitative estimate of drug-likeness (QED) is 0.865. The van der Waals surface area contributed by atoms with Gasteiger partial charge in [-0.15, -0.1) is 0 Å². The summed E-state index contributed by atoms with van der Waals surface area (Å²) in [6.45, 7) is 4.27. The van der Waals surface area contributed by atoms with E-state index in [0.717, 1.165) is 24.0 Å². The van der Waals surface area contributed by atoms with Crippen molar-refractivity contribution in [2.75, 3.05) is 6.54 Å². The van der Waals surface area contributed by atoms with Crippen LogP contribution in [0.2, 0.25) is 0 Å². The Hall–Kier alpha value is -1.16. The first-order valence-corrected chi connectivity index (χ1v) is 8.33. The van der Waals surface area contributed by atoms with Crippen LogP contribution in [0.15, 0.2) is 53.0 Å². The molecule has 0 aliphatic carbocycles. The van der Waals surface area contributed by atoms with Crippen LogP contribution in [0, 0.1) is 0 Å². The maximum atomic E-state index is 3.80. The van der Waals surface area contributed by atoms with E-state index in [2.05, 4.69) is 82.0 Å². The summed E-state index contributed by atoms with van der Waals surface area (Å²) in [4.78, 5) is 0. The SMILES string of the molecule is C[C@H](NC1CCNCc2ccccc21)c1ccc(Br)cc1. The summed E-state index contributed by atoms with van der Waals surface area (Å²) < 4.78 is 1.13. The third kappa shape index (κ3) is 3.54. The molecule has 0 bridgehead atoms. The lowest BCUT2D eigenvalue weighted by atomic mass is 9.97. The normalized spacial score (nSPS) is 19.6. The molecule has 2 nitrogen and oxygen atoms in total. The highest BCUT2D eigenvalue weighted by atomic mass is 79.9. The first kappa shape index (κ1) is 14.8. The largest absolute Gasteiger partial charge is 0.313 e. The van der Waals surface area contributed by atoms with Crippen molar-refractivity contribution in [3.63, 3.8) is 0 Å². The Kier molecular flexibility index (Phi) is 4.73. The van der Waals surface area contributed by atoms with Gasteiger partial charge in [0.1, 0.15) is 0 Å². The minimum atomic E-state index is 0.342. The topological polar surface area (TPSA) is 24.1 Å². The molecular weight excluding hydrogens is 324 g/mol. The molecule has 1 unspecified atom stereocenters. The van der Waals surface area contributed by atoms with Gasteiger partial charge in [-0.25, -0.2) is 0 Å². The van der Waals surface area contributed by atoms with E-state index in [9.17, 15) is 0 Å². The monoisotopic (exact) mass is 344 g/mol. The zero-order chi connectivity index (χ0) is 14.7. The number of halogens is 1. The maximum Gasteiger partial charge on any atom is 0.0340 e. The van der Waals surface area contributed by atoms with Crippen LogP contribution in [0.1, 0.15) is 42.1 Å². The van der Waals surface area contributed by atoms with Gasteiger partial charge in [-0.05, 0) is 48.7 Å². The summed E-state index contributed by atoms with van der Waals surface area (Å²) in [5, 5.41) is 7.30. The molecule has 0 saturated heterocycles. The Labute approximate surface area is 135 Å². The van der Waals surface area contributed by atoms with Gasteiger partial charge in [0.25, 0.3) is 0 Å². The fourth-order valence-electron chi connectivity index (χ4n) is 2.98. The number of rotatable bonds is 3. The fraction of sp³-hybridized carbons (Fsp3) is 0.333. The molecular formula is C18H21BrN2. The predicted molar refractivity (Wildman–Crippen MR) is 91.2 cm³/mol. The molecule has 110 valence electrons.